The number of ether oxygens (including phenoxy) is 1. The van der Waals surface area contributed by atoms with Crippen LogP contribution in [0.2, 0.25) is 0 Å². The van der Waals surface area contributed by atoms with Crippen molar-refractivity contribution in [2.45, 2.75) is 26.1 Å². The molecule has 9 heteroatoms. The Morgan fingerprint density at radius 3 is 2.50 bits per heavy atom. The third-order valence-corrected chi connectivity index (χ3v) is 6.11. The lowest BCUT2D eigenvalue weighted by molar-refractivity contribution is -0.137. The first-order valence-corrected chi connectivity index (χ1v) is 11.8. The summed E-state index contributed by atoms with van der Waals surface area (Å²) in [5.74, 6) is -0.323. The Morgan fingerprint density at radius 1 is 1.11 bits per heavy atom. The van der Waals surface area contributed by atoms with E-state index in [9.17, 15) is 18.0 Å². The number of alkyl halides is 3. The van der Waals surface area contributed by atoms with Gasteiger partial charge in [-0.2, -0.15) is 13.2 Å². The van der Waals surface area contributed by atoms with Gasteiger partial charge in [-0.05, 0) is 67.4 Å². The van der Waals surface area contributed by atoms with E-state index in [0.717, 1.165) is 30.8 Å². The first kappa shape index (κ1) is 25.7. The number of hydrogen-bond donors (Lipinski definition) is 2. The summed E-state index contributed by atoms with van der Waals surface area (Å²) >= 11 is 0. The number of carbonyl (C=O) groups excluding carboxylic acids is 1. The number of nitrogen functional groups attached to an aromatic ring is 1. The zero-order valence-corrected chi connectivity index (χ0v) is 20.2. The molecule has 36 heavy (non-hydrogen) atoms. The van der Waals surface area contributed by atoms with Gasteiger partial charge in [0.05, 0.1) is 24.5 Å². The number of halogens is 3. The molecule has 2 heterocycles. The first-order chi connectivity index (χ1) is 17.1. The standard InChI is InChI=1S/C27H29F3N4O2/c1-17-3-6-25(32-15-17)20-11-19(23-14-22(27(28,29)30)4-5-24(23)31)12-21(13-20)26(35)33-18(2)16-34-7-9-36-10-8-34/h3-6,11-15,18H,7-10,16,31H2,1-2H3,(H,33,35)/t18-/m1/s1. The summed E-state index contributed by atoms with van der Waals surface area (Å²) in [5.41, 5.74) is 8.56. The minimum Gasteiger partial charge on any atom is -0.398 e. The van der Waals surface area contributed by atoms with Crippen LogP contribution < -0.4 is 11.1 Å². The molecule has 1 amide bonds. The molecule has 1 aromatic heterocycles. The van der Waals surface area contributed by atoms with Gasteiger partial charge >= 0.3 is 6.18 Å². The second kappa shape index (κ2) is 10.7. The Balaban J connectivity index is 1.70. The van der Waals surface area contributed by atoms with Crippen molar-refractivity contribution in [2.24, 2.45) is 0 Å². The monoisotopic (exact) mass is 498 g/mol. The van der Waals surface area contributed by atoms with Crippen LogP contribution in [-0.4, -0.2) is 54.7 Å². The fourth-order valence-electron chi connectivity index (χ4n) is 4.21. The zero-order chi connectivity index (χ0) is 25.9. The Kier molecular flexibility index (Phi) is 7.61. The lowest BCUT2D eigenvalue weighted by atomic mass is 9.95. The van der Waals surface area contributed by atoms with Gasteiger partial charge in [0.15, 0.2) is 0 Å². The number of carbonyl (C=O) groups is 1. The van der Waals surface area contributed by atoms with Crippen LogP contribution in [0.25, 0.3) is 22.4 Å². The Hall–Kier alpha value is -3.43. The van der Waals surface area contributed by atoms with Crippen LogP contribution in [-0.2, 0) is 10.9 Å². The van der Waals surface area contributed by atoms with Crippen molar-refractivity contribution in [1.82, 2.24) is 15.2 Å². The second-order valence-corrected chi connectivity index (χ2v) is 9.11. The summed E-state index contributed by atoms with van der Waals surface area (Å²) in [6.07, 6.45) is -2.82. The summed E-state index contributed by atoms with van der Waals surface area (Å²) in [6.45, 7) is 7.42. The molecule has 0 unspecified atom stereocenters. The molecular formula is C27H29F3N4O2. The molecule has 3 aromatic rings. The number of pyridine rings is 1. The van der Waals surface area contributed by atoms with Crippen LogP contribution in [0, 0.1) is 6.92 Å². The number of hydrogen-bond acceptors (Lipinski definition) is 5. The predicted molar refractivity (Wildman–Crippen MR) is 133 cm³/mol. The van der Waals surface area contributed by atoms with E-state index in [1.54, 1.807) is 24.4 Å². The number of morpholine rings is 1. The third-order valence-electron chi connectivity index (χ3n) is 6.11. The fourth-order valence-corrected chi connectivity index (χ4v) is 4.21. The van der Waals surface area contributed by atoms with Crippen molar-refractivity contribution < 1.29 is 22.7 Å². The van der Waals surface area contributed by atoms with Crippen LogP contribution in [0.15, 0.2) is 54.7 Å². The summed E-state index contributed by atoms with van der Waals surface area (Å²) in [4.78, 5) is 19.9. The molecule has 0 bridgehead atoms. The number of aryl methyl sites for hydroxylation is 1. The van der Waals surface area contributed by atoms with E-state index < -0.39 is 11.7 Å². The van der Waals surface area contributed by atoms with E-state index in [2.05, 4.69) is 15.2 Å². The van der Waals surface area contributed by atoms with E-state index in [0.29, 0.717) is 42.1 Å². The van der Waals surface area contributed by atoms with Crippen LogP contribution >= 0.6 is 0 Å². The molecule has 1 fully saturated rings. The molecule has 0 aliphatic carbocycles. The van der Waals surface area contributed by atoms with Gasteiger partial charge in [-0.25, -0.2) is 0 Å². The average Bonchev–Trinajstić information content (AvgIpc) is 2.84. The lowest BCUT2D eigenvalue weighted by Gasteiger charge is -2.29. The van der Waals surface area contributed by atoms with Gasteiger partial charge in [-0.15, -0.1) is 0 Å². The number of amides is 1. The average molecular weight is 499 g/mol. The summed E-state index contributed by atoms with van der Waals surface area (Å²) in [6, 6.07) is 11.7. The lowest BCUT2D eigenvalue weighted by Crippen LogP contribution is -2.46. The maximum Gasteiger partial charge on any atom is 0.416 e. The quantitative estimate of drug-likeness (QED) is 0.479. The first-order valence-electron chi connectivity index (χ1n) is 11.8. The largest absolute Gasteiger partial charge is 0.416 e. The number of rotatable bonds is 6. The van der Waals surface area contributed by atoms with Gasteiger partial charge in [-0.3, -0.25) is 14.7 Å². The van der Waals surface area contributed by atoms with Gasteiger partial charge in [0.25, 0.3) is 5.91 Å². The highest BCUT2D eigenvalue weighted by molar-refractivity contribution is 5.98. The molecule has 4 rings (SSSR count). The maximum absolute atomic E-state index is 13.4. The van der Waals surface area contributed by atoms with Crippen molar-refractivity contribution in [3.8, 4) is 22.4 Å². The van der Waals surface area contributed by atoms with Crippen LogP contribution in [0.5, 0.6) is 0 Å². The summed E-state index contributed by atoms with van der Waals surface area (Å²) in [7, 11) is 0. The van der Waals surface area contributed by atoms with Gasteiger partial charge in [-0.1, -0.05) is 6.07 Å². The number of anilines is 1. The minimum atomic E-state index is -4.52. The topological polar surface area (TPSA) is 80.5 Å². The Morgan fingerprint density at radius 2 is 1.83 bits per heavy atom. The van der Waals surface area contributed by atoms with Gasteiger partial charge < -0.3 is 15.8 Å². The van der Waals surface area contributed by atoms with E-state index in [1.165, 1.54) is 6.07 Å². The van der Waals surface area contributed by atoms with Gasteiger partial charge in [0.2, 0.25) is 0 Å². The van der Waals surface area contributed by atoms with Crippen LogP contribution in [0.4, 0.5) is 18.9 Å². The SMILES string of the molecule is Cc1ccc(-c2cc(C(=O)N[C@H](C)CN3CCOCC3)cc(-c3cc(C(F)(F)F)ccc3N)c2)nc1. The van der Waals surface area contributed by atoms with Crippen molar-refractivity contribution in [2.75, 3.05) is 38.6 Å². The van der Waals surface area contributed by atoms with Crippen molar-refractivity contribution >= 4 is 11.6 Å². The fraction of sp³-hybridized carbons (Fsp3) is 0.333. The van der Waals surface area contributed by atoms with Crippen molar-refractivity contribution in [1.29, 1.82) is 0 Å². The highest BCUT2D eigenvalue weighted by Crippen LogP contribution is 2.36. The molecule has 0 radical (unpaired) electrons. The van der Waals surface area contributed by atoms with E-state index in [1.807, 2.05) is 26.0 Å². The molecule has 1 aliphatic rings. The molecule has 1 atom stereocenters. The highest BCUT2D eigenvalue weighted by Gasteiger charge is 2.31. The second-order valence-electron chi connectivity index (χ2n) is 9.11. The van der Waals surface area contributed by atoms with Crippen LogP contribution in [0.3, 0.4) is 0 Å². The van der Waals surface area contributed by atoms with Gasteiger partial charge in [0.1, 0.15) is 0 Å². The predicted octanol–water partition coefficient (Wildman–Crippen LogP) is 4.78. The Labute approximate surface area is 208 Å². The minimum absolute atomic E-state index is 0.140. The van der Waals surface area contributed by atoms with Crippen molar-refractivity contribution in [3.63, 3.8) is 0 Å². The molecule has 1 aliphatic heterocycles. The summed E-state index contributed by atoms with van der Waals surface area (Å²) < 4.78 is 45.6. The number of aromatic nitrogens is 1. The molecule has 190 valence electrons. The smallest absolute Gasteiger partial charge is 0.398 e. The molecular weight excluding hydrogens is 469 g/mol. The number of benzene rings is 2. The molecule has 3 N–H and O–H groups in total. The third kappa shape index (κ3) is 6.22. The molecule has 2 aromatic carbocycles. The molecule has 0 spiro atoms. The number of nitrogens with zero attached hydrogens (tertiary/aromatic N) is 2. The van der Waals surface area contributed by atoms with Crippen LogP contribution in [0.1, 0.15) is 28.4 Å². The van der Waals surface area contributed by atoms with E-state index in [4.69, 9.17) is 10.5 Å². The maximum atomic E-state index is 13.4. The molecule has 6 nitrogen and oxygen atoms in total. The zero-order valence-electron chi connectivity index (χ0n) is 20.2. The molecule has 0 saturated carbocycles. The van der Waals surface area contributed by atoms with Crippen molar-refractivity contribution in [3.05, 3.63) is 71.4 Å². The Bertz CT molecular complexity index is 1220. The number of nitrogens with two attached hydrogens (primary N) is 1. The highest BCUT2D eigenvalue weighted by atomic mass is 19.4. The normalized spacial score (nSPS) is 15.5. The van der Waals surface area contributed by atoms with E-state index >= 15 is 0 Å². The summed E-state index contributed by atoms with van der Waals surface area (Å²) in [5, 5.41) is 3.01. The van der Waals surface area contributed by atoms with E-state index in [-0.39, 0.29) is 23.2 Å². The van der Waals surface area contributed by atoms with Gasteiger partial charge in [0, 0.05) is 54.3 Å². The number of nitrogens with one attached hydrogen (secondary N) is 1. The molecule has 1 saturated heterocycles.